The number of carbonyl (C=O) groups is 3. The van der Waals surface area contributed by atoms with Gasteiger partial charge in [-0.3, -0.25) is 19.8 Å². The second-order valence-corrected chi connectivity index (χ2v) is 16.2. The maximum atomic E-state index is 13.5. The van der Waals surface area contributed by atoms with Crippen LogP contribution in [0.1, 0.15) is 117 Å². The van der Waals surface area contributed by atoms with Gasteiger partial charge in [-0.2, -0.15) is 0 Å². The van der Waals surface area contributed by atoms with E-state index >= 15 is 0 Å². The Labute approximate surface area is 327 Å². The average molecular weight is 797 g/mol. The van der Waals surface area contributed by atoms with Crippen LogP contribution >= 0.6 is 58.2 Å². The Morgan fingerprint density at radius 2 is 1.37 bits per heavy atom. The Hall–Kier alpha value is -2.23. The summed E-state index contributed by atoms with van der Waals surface area (Å²) in [7, 11) is 0. The summed E-state index contributed by atoms with van der Waals surface area (Å²) in [4.78, 5) is 45.9. The highest BCUT2D eigenvalue weighted by Crippen LogP contribution is 2.40. The number of nitrogens with zero attached hydrogens (tertiary/aromatic N) is 3. The molecule has 0 radical (unpaired) electrons. The zero-order chi connectivity index (χ0) is 36.8. The summed E-state index contributed by atoms with van der Waals surface area (Å²) in [6.07, 6.45) is 23.4. The van der Waals surface area contributed by atoms with E-state index < -0.39 is 11.2 Å². The molecular weight excluding hydrogens is 746 g/mol. The SMILES string of the molecule is CCCCCCCCCCCCCCCCC=CC1CC(=O)N(c2ccc(Cl)c(N=C3NN(c4c(Cl)cc(Cl)cc4Cl)C(=O)C3SCC)c2)C1=O. The van der Waals surface area contributed by atoms with E-state index in [1.165, 1.54) is 117 Å². The number of unbranched alkanes of at least 4 members (excludes halogenated alkanes) is 14. The molecule has 7 nitrogen and oxygen atoms in total. The maximum absolute atomic E-state index is 13.5. The highest BCUT2D eigenvalue weighted by Gasteiger charge is 2.41. The summed E-state index contributed by atoms with van der Waals surface area (Å²) in [5, 5.41) is 1.60. The topological polar surface area (TPSA) is 82.1 Å². The number of imide groups is 1. The highest BCUT2D eigenvalue weighted by atomic mass is 35.5. The zero-order valence-corrected chi connectivity index (χ0v) is 33.5. The molecule has 2 unspecified atom stereocenters. The third kappa shape index (κ3) is 11.9. The van der Waals surface area contributed by atoms with Gasteiger partial charge in [0.05, 0.1) is 32.4 Å². The van der Waals surface area contributed by atoms with Gasteiger partial charge < -0.3 is 0 Å². The number of nitrogens with one attached hydrogen (secondary N) is 1. The van der Waals surface area contributed by atoms with Gasteiger partial charge in [0.1, 0.15) is 16.8 Å². The summed E-state index contributed by atoms with van der Waals surface area (Å²) >= 11 is 26.9. The number of rotatable bonds is 21. The molecule has 51 heavy (non-hydrogen) atoms. The number of anilines is 2. The molecule has 278 valence electrons. The molecule has 2 atom stereocenters. The van der Waals surface area contributed by atoms with Crippen molar-refractivity contribution in [3.05, 3.63) is 62.6 Å². The van der Waals surface area contributed by atoms with E-state index in [9.17, 15) is 14.4 Å². The first-order chi connectivity index (χ1) is 24.7. The van der Waals surface area contributed by atoms with E-state index in [4.69, 9.17) is 51.4 Å². The molecule has 2 aromatic rings. The Balaban J connectivity index is 1.28. The summed E-state index contributed by atoms with van der Waals surface area (Å²) in [5.41, 5.74) is 3.97. The van der Waals surface area contributed by atoms with Gasteiger partial charge in [0.15, 0.2) is 0 Å². The number of allylic oxidation sites excluding steroid dienone is 1. The summed E-state index contributed by atoms with van der Waals surface area (Å²) in [6.45, 7) is 4.20. The van der Waals surface area contributed by atoms with Crippen molar-refractivity contribution in [3.8, 4) is 0 Å². The van der Waals surface area contributed by atoms with Crippen LogP contribution in [0.15, 0.2) is 47.5 Å². The predicted molar refractivity (Wildman–Crippen MR) is 217 cm³/mol. The van der Waals surface area contributed by atoms with Crippen LogP contribution in [0.4, 0.5) is 17.1 Å². The minimum Gasteiger partial charge on any atom is -0.276 e. The lowest BCUT2D eigenvalue weighted by Gasteiger charge is -2.19. The first-order valence-corrected chi connectivity index (χ1v) is 21.0. The normalized spacial score (nSPS) is 18.6. The fourth-order valence-corrected chi connectivity index (χ4v) is 8.42. The summed E-state index contributed by atoms with van der Waals surface area (Å²) in [5.74, 6) is -0.421. The first kappa shape index (κ1) is 41.5. The molecule has 1 N–H and O–H groups in total. The molecule has 2 aliphatic heterocycles. The van der Waals surface area contributed by atoms with Crippen LogP contribution in [0.2, 0.25) is 20.1 Å². The van der Waals surface area contributed by atoms with Crippen LogP contribution in [0.3, 0.4) is 0 Å². The standard InChI is InChI=1S/C39H50Cl4N4O3S/c1-3-5-6-7-8-9-10-11-12-13-14-15-16-17-18-19-20-27-23-34(48)46(38(27)49)29-21-22-30(41)33(26-29)44-37-36(51-4-2)39(50)47(45-37)35-31(42)24-28(40)25-32(35)43/h19-22,24-27,36H,3-18,23H2,1-2H3,(H,44,45). The lowest BCUT2D eigenvalue weighted by atomic mass is 10.0. The lowest BCUT2D eigenvalue weighted by Crippen LogP contribution is -2.36. The fraction of sp³-hybridized carbons (Fsp3) is 0.538. The molecule has 2 saturated heterocycles. The quantitative estimate of drug-likeness (QED) is 0.0773. The number of aliphatic imine (C=N–C) groups is 1. The maximum Gasteiger partial charge on any atom is 0.266 e. The van der Waals surface area contributed by atoms with Crippen molar-refractivity contribution >= 4 is 98.8 Å². The van der Waals surface area contributed by atoms with Gasteiger partial charge in [-0.1, -0.05) is 156 Å². The van der Waals surface area contributed by atoms with E-state index in [1.807, 2.05) is 19.1 Å². The average Bonchev–Trinajstić information content (AvgIpc) is 3.54. The fourth-order valence-electron chi connectivity index (χ4n) is 6.43. The predicted octanol–water partition coefficient (Wildman–Crippen LogP) is 12.3. The second-order valence-electron chi connectivity index (χ2n) is 13.2. The molecule has 3 amide bonds. The molecule has 2 heterocycles. The van der Waals surface area contributed by atoms with Crippen molar-refractivity contribution in [2.24, 2.45) is 10.9 Å². The summed E-state index contributed by atoms with van der Waals surface area (Å²) < 4.78 is 0. The van der Waals surface area contributed by atoms with E-state index in [2.05, 4.69) is 12.3 Å². The van der Waals surface area contributed by atoms with Gasteiger partial charge in [0, 0.05) is 11.4 Å². The van der Waals surface area contributed by atoms with Gasteiger partial charge in [-0.05, 0) is 48.9 Å². The van der Waals surface area contributed by atoms with Crippen LogP contribution < -0.4 is 15.3 Å². The minimum absolute atomic E-state index is 0.114. The smallest absolute Gasteiger partial charge is 0.266 e. The molecule has 2 aliphatic rings. The molecule has 2 aromatic carbocycles. The molecule has 0 aromatic heterocycles. The van der Waals surface area contributed by atoms with Crippen molar-refractivity contribution in [3.63, 3.8) is 0 Å². The Morgan fingerprint density at radius 3 is 1.96 bits per heavy atom. The Kier molecular flexibility index (Phi) is 17.5. The molecule has 0 spiro atoms. The monoisotopic (exact) mass is 794 g/mol. The number of halogens is 4. The van der Waals surface area contributed by atoms with Gasteiger partial charge >= 0.3 is 0 Å². The van der Waals surface area contributed by atoms with Crippen molar-refractivity contribution in [1.82, 2.24) is 5.43 Å². The lowest BCUT2D eigenvalue weighted by molar-refractivity contribution is -0.122. The van der Waals surface area contributed by atoms with Crippen LogP contribution in [-0.4, -0.2) is 34.6 Å². The van der Waals surface area contributed by atoms with E-state index in [1.54, 1.807) is 18.2 Å². The molecule has 0 aliphatic carbocycles. The number of amides is 3. The molecule has 4 rings (SSSR count). The highest BCUT2D eigenvalue weighted by molar-refractivity contribution is 8.01. The van der Waals surface area contributed by atoms with Gasteiger partial charge in [-0.25, -0.2) is 14.9 Å². The number of carbonyl (C=O) groups excluding carboxylic acids is 3. The second kappa shape index (κ2) is 21.5. The number of benzene rings is 2. The minimum atomic E-state index is -0.693. The van der Waals surface area contributed by atoms with Crippen LogP contribution in [0, 0.1) is 5.92 Å². The molecular formula is C39H50Cl4N4O3S. The number of amidine groups is 1. The number of hydrazine groups is 1. The number of hydrogen-bond donors (Lipinski definition) is 1. The van der Waals surface area contributed by atoms with Gasteiger partial charge in [0.25, 0.3) is 5.91 Å². The van der Waals surface area contributed by atoms with Crippen LogP contribution in [0.5, 0.6) is 0 Å². The number of hydrogen-bond acceptors (Lipinski definition) is 5. The zero-order valence-electron chi connectivity index (χ0n) is 29.7. The summed E-state index contributed by atoms with van der Waals surface area (Å²) in [6, 6.07) is 7.83. The van der Waals surface area contributed by atoms with E-state index in [-0.39, 0.29) is 39.9 Å². The van der Waals surface area contributed by atoms with Crippen LogP contribution in [0.25, 0.3) is 0 Å². The third-order valence-corrected chi connectivity index (χ3v) is 11.4. The van der Waals surface area contributed by atoms with Crippen molar-refractivity contribution in [2.45, 2.75) is 122 Å². The van der Waals surface area contributed by atoms with Crippen molar-refractivity contribution < 1.29 is 14.4 Å². The number of thioether (sulfide) groups is 1. The largest absolute Gasteiger partial charge is 0.276 e. The van der Waals surface area contributed by atoms with Crippen LogP contribution in [-0.2, 0) is 14.4 Å². The first-order valence-electron chi connectivity index (χ1n) is 18.4. The van der Waals surface area contributed by atoms with Gasteiger partial charge in [-0.15, -0.1) is 11.8 Å². The van der Waals surface area contributed by atoms with E-state index in [0.29, 0.717) is 33.0 Å². The molecule has 12 heteroatoms. The third-order valence-electron chi connectivity index (χ3n) is 9.16. The molecule has 0 saturated carbocycles. The van der Waals surface area contributed by atoms with E-state index in [0.717, 1.165) is 12.8 Å². The Morgan fingerprint density at radius 1 is 0.784 bits per heavy atom. The van der Waals surface area contributed by atoms with Crippen molar-refractivity contribution in [1.29, 1.82) is 0 Å². The van der Waals surface area contributed by atoms with Gasteiger partial charge in [0.2, 0.25) is 11.8 Å². The Bertz CT molecular complexity index is 1550. The molecule has 0 bridgehead atoms. The molecule has 2 fully saturated rings. The van der Waals surface area contributed by atoms with Crippen molar-refractivity contribution in [2.75, 3.05) is 15.7 Å².